The van der Waals surface area contributed by atoms with E-state index < -0.39 is 11.9 Å². The number of carboxylic acids is 2. The van der Waals surface area contributed by atoms with Crippen molar-refractivity contribution in [2.75, 3.05) is 26.2 Å². The maximum atomic E-state index is 9.10. The Labute approximate surface area is 173 Å². The number of aliphatic carboxylic acids is 2. The molecule has 2 rings (SSSR count). The molecule has 1 aromatic rings. The number of nitrogens with zero attached hydrogens (tertiary/aromatic N) is 1. The highest BCUT2D eigenvalue weighted by Gasteiger charge is 2.21. The minimum atomic E-state index is -1.82. The van der Waals surface area contributed by atoms with Crippen LogP contribution in [0.25, 0.3) is 0 Å². The molecule has 0 amide bonds. The van der Waals surface area contributed by atoms with E-state index in [0.717, 1.165) is 38.4 Å². The number of rotatable bonds is 7. The molecule has 0 radical (unpaired) electrons. The molecule has 1 heterocycles. The second kappa shape index (κ2) is 12.4. The van der Waals surface area contributed by atoms with Gasteiger partial charge in [0.1, 0.15) is 5.75 Å². The van der Waals surface area contributed by atoms with Gasteiger partial charge in [0, 0.05) is 13.1 Å². The van der Waals surface area contributed by atoms with Crippen LogP contribution in [-0.2, 0) is 14.3 Å². The molecule has 0 aromatic heterocycles. The summed E-state index contributed by atoms with van der Waals surface area (Å²) in [5.74, 6) is -2.09. The van der Waals surface area contributed by atoms with Gasteiger partial charge < -0.3 is 19.7 Å². The molecule has 2 atom stereocenters. The molecule has 0 saturated carbocycles. The number of ether oxygens (including phenoxy) is 2. The molecule has 0 bridgehead atoms. The van der Waals surface area contributed by atoms with Crippen molar-refractivity contribution in [3.63, 3.8) is 0 Å². The molecule has 7 heteroatoms. The molecule has 7 nitrogen and oxygen atoms in total. The van der Waals surface area contributed by atoms with Crippen molar-refractivity contribution in [1.29, 1.82) is 0 Å². The molecule has 1 fully saturated rings. The van der Waals surface area contributed by atoms with E-state index in [1.165, 1.54) is 17.5 Å². The van der Waals surface area contributed by atoms with Gasteiger partial charge in [-0.25, -0.2) is 9.59 Å². The Morgan fingerprint density at radius 2 is 1.69 bits per heavy atom. The molecule has 1 aliphatic rings. The van der Waals surface area contributed by atoms with Crippen LogP contribution in [-0.4, -0.2) is 65.5 Å². The highest BCUT2D eigenvalue weighted by atomic mass is 16.5. The highest BCUT2D eigenvalue weighted by Crippen LogP contribution is 2.23. The van der Waals surface area contributed by atoms with Crippen LogP contribution in [0.1, 0.15) is 57.6 Å². The standard InChI is InChI=1S/C20H33NO2.C2H2O4/c1-15(2)19-10-16(3)11-20(12-19)22-9-7-6-8-21-13-17(4)23-18(5)14-21;3-1(4)2(5)6/h10-12,15,17-18H,6-9,13-14H2,1-5H3;(H,3,4)(H,5,6). The van der Waals surface area contributed by atoms with Crippen LogP contribution in [0.15, 0.2) is 18.2 Å². The Morgan fingerprint density at radius 1 is 1.10 bits per heavy atom. The maximum Gasteiger partial charge on any atom is 0.414 e. The number of morpholine rings is 1. The van der Waals surface area contributed by atoms with E-state index in [1.807, 2.05) is 0 Å². The van der Waals surface area contributed by atoms with Gasteiger partial charge in [-0.2, -0.15) is 0 Å². The average molecular weight is 410 g/mol. The predicted molar refractivity (Wildman–Crippen MR) is 112 cm³/mol. The van der Waals surface area contributed by atoms with Gasteiger partial charge in [-0.1, -0.05) is 19.9 Å². The monoisotopic (exact) mass is 409 g/mol. The van der Waals surface area contributed by atoms with Crippen molar-refractivity contribution in [3.05, 3.63) is 29.3 Å². The molecular weight excluding hydrogens is 374 g/mol. The lowest BCUT2D eigenvalue weighted by molar-refractivity contribution is -0.159. The third kappa shape index (κ3) is 10.3. The van der Waals surface area contributed by atoms with E-state index in [9.17, 15) is 0 Å². The Bertz CT molecular complexity index is 639. The fourth-order valence-corrected chi connectivity index (χ4v) is 3.29. The van der Waals surface area contributed by atoms with Gasteiger partial charge in [0.2, 0.25) is 0 Å². The van der Waals surface area contributed by atoms with Gasteiger partial charge in [0.15, 0.2) is 0 Å². The van der Waals surface area contributed by atoms with Crippen LogP contribution < -0.4 is 4.74 Å². The van der Waals surface area contributed by atoms with Gasteiger partial charge in [-0.15, -0.1) is 0 Å². The molecule has 164 valence electrons. The third-order valence-corrected chi connectivity index (χ3v) is 4.56. The van der Waals surface area contributed by atoms with Gasteiger partial charge in [-0.3, -0.25) is 4.90 Å². The van der Waals surface area contributed by atoms with Gasteiger partial charge in [0.25, 0.3) is 0 Å². The van der Waals surface area contributed by atoms with Crippen LogP contribution in [0.3, 0.4) is 0 Å². The zero-order valence-corrected chi connectivity index (χ0v) is 18.2. The first-order valence-electron chi connectivity index (χ1n) is 10.2. The summed E-state index contributed by atoms with van der Waals surface area (Å²) in [4.78, 5) is 20.7. The zero-order chi connectivity index (χ0) is 22.0. The molecular formula is C22H35NO6. The average Bonchev–Trinajstić information content (AvgIpc) is 2.60. The predicted octanol–water partition coefficient (Wildman–Crippen LogP) is 3.54. The highest BCUT2D eigenvalue weighted by molar-refractivity contribution is 6.27. The summed E-state index contributed by atoms with van der Waals surface area (Å²) in [6.45, 7) is 15.0. The first-order chi connectivity index (χ1) is 13.6. The zero-order valence-electron chi connectivity index (χ0n) is 18.2. The van der Waals surface area contributed by atoms with E-state index in [2.05, 4.69) is 57.7 Å². The van der Waals surface area contributed by atoms with Crippen LogP contribution in [0, 0.1) is 6.92 Å². The number of aryl methyl sites for hydroxylation is 1. The van der Waals surface area contributed by atoms with E-state index in [0.29, 0.717) is 18.1 Å². The summed E-state index contributed by atoms with van der Waals surface area (Å²) >= 11 is 0. The lowest BCUT2D eigenvalue weighted by atomic mass is 10.0. The summed E-state index contributed by atoms with van der Waals surface area (Å²) in [6, 6.07) is 6.57. The second-order valence-corrected chi connectivity index (χ2v) is 7.92. The van der Waals surface area contributed by atoms with E-state index in [1.54, 1.807) is 0 Å². The molecule has 1 aromatic carbocycles. The smallest absolute Gasteiger partial charge is 0.414 e. The fourth-order valence-electron chi connectivity index (χ4n) is 3.29. The molecule has 29 heavy (non-hydrogen) atoms. The number of unbranched alkanes of at least 4 members (excludes halogenated alkanes) is 1. The summed E-state index contributed by atoms with van der Waals surface area (Å²) in [6.07, 6.45) is 3.00. The molecule has 0 spiro atoms. The fraction of sp³-hybridized carbons (Fsp3) is 0.636. The number of carbonyl (C=O) groups is 2. The number of hydrogen-bond acceptors (Lipinski definition) is 5. The maximum absolute atomic E-state index is 9.10. The quantitative estimate of drug-likeness (QED) is 0.525. The lowest BCUT2D eigenvalue weighted by Gasteiger charge is -2.35. The van der Waals surface area contributed by atoms with Crippen LogP contribution in [0.4, 0.5) is 0 Å². The Kier molecular flexibility index (Phi) is 10.7. The topological polar surface area (TPSA) is 96.3 Å². The minimum Gasteiger partial charge on any atom is -0.494 e. The van der Waals surface area contributed by atoms with E-state index in [-0.39, 0.29) is 0 Å². The van der Waals surface area contributed by atoms with Crippen molar-refractivity contribution in [2.45, 2.75) is 65.6 Å². The van der Waals surface area contributed by atoms with E-state index in [4.69, 9.17) is 29.3 Å². The van der Waals surface area contributed by atoms with E-state index >= 15 is 0 Å². The van der Waals surface area contributed by atoms with Crippen molar-refractivity contribution in [3.8, 4) is 5.75 Å². The van der Waals surface area contributed by atoms with Crippen LogP contribution >= 0.6 is 0 Å². The van der Waals surface area contributed by atoms with Gasteiger partial charge in [0.05, 0.1) is 18.8 Å². The van der Waals surface area contributed by atoms with Crippen LogP contribution in [0.2, 0.25) is 0 Å². The SMILES string of the molecule is Cc1cc(OCCCCN2CC(C)OC(C)C2)cc(C(C)C)c1.O=C(O)C(=O)O. The Hall–Kier alpha value is -2.12. The number of hydrogen-bond donors (Lipinski definition) is 2. The molecule has 2 N–H and O–H groups in total. The lowest BCUT2D eigenvalue weighted by Crippen LogP contribution is -2.45. The first kappa shape index (κ1) is 24.9. The van der Waals surface area contributed by atoms with Crippen molar-refractivity contribution in [2.24, 2.45) is 0 Å². The Balaban J connectivity index is 0.000000612. The summed E-state index contributed by atoms with van der Waals surface area (Å²) in [7, 11) is 0. The largest absolute Gasteiger partial charge is 0.494 e. The van der Waals surface area contributed by atoms with Crippen molar-refractivity contribution >= 4 is 11.9 Å². The third-order valence-electron chi connectivity index (χ3n) is 4.56. The van der Waals surface area contributed by atoms with Gasteiger partial charge >= 0.3 is 11.9 Å². The number of benzene rings is 1. The Morgan fingerprint density at radius 3 is 2.21 bits per heavy atom. The van der Waals surface area contributed by atoms with Crippen molar-refractivity contribution < 1.29 is 29.3 Å². The molecule has 1 saturated heterocycles. The summed E-state index contributed by atoms with van der Waals surface area (Å²) < 4.78 is 11.7. The van der Waals surface area contributed by atoms with Crippen molar-refractivity contribution in [1.82, 2.24) is 4.90 Å². The first-order valence-corrected chi connectivity index (χ1v) is 10.2. The second-order valence-electron chi connectivity index (χ2n) is 7.92. The summed E-state index contributed by atoms with van der Waals surface area (Å²) in [5.41, 5.74) is 2.64. The van der Waals surface area contributed by atoms with Gasteiger partial charge in [-0.05, 0) is 69.3 Å². The number of carboxylic acid groups (broad SMARTS) is 2. The minimum absolute atomic E-state index is 0.358. The normalized spacial score (nSPS) is 19.4. The molecule has 2 unspecified atom stereocenters. The molecule has 1 aliphatic heterocycles. The summed E-state index contributed by atoms with van der Waals surface area (Å²) in [5, 5.41) is 14.8. The molecule has 0 aliphatic carbocycles. The van der Waals surface area contributed by atoms with Crippen LogP contribution in [0.5, 0.6) is 5.75 Å².